The van der Waals surface area contributed by atoms with Crippen LogP contribution in [0.25, 0.3) is 0 Å². The quantitative estimate of drug-likeness (QED) is 0.0676. The minimum absolute atomic E-state index is 0.278. The Hall–Kier alpha value is -2.75. The molecule has 5 aromatic rings. The SMILES string of the molecule is CC(=Nc1c(C(C)C)cccc1C(C)C)C(C)=Nc1c(C(C)C)cc(Cc2cc(C(C)C)c(N=C(C)c3cccc(C(C)=Nc4c(C(C)C)cccc4C(C)C)n3)c(C(C)C)c2)cc1C(C)C.[Br][Ni][Br].[Cl][Co][Cl]. The number of rotatable bonds is 17. The van der Waals surface area contributed by atoms with Gasteiger partial charge < -0.3 is 0 Å². The van der Waals surface area contributed by atoms with Crippen LogP contribution in [0, 0.1) is 0 Å². The van der Waals surface area contributed by atoms with E-state index in [1.54, 1.807) is 0 Å². The zero-order valence-electron chi connectivity index (χ0n) is 47.2. The maximum atomic E-state index is 5.45. The molecule has 0 saturated carbocycles. The van der Waals surface area contributed by atoms with Crippen molar-refractivity contribution in [1.82, 2.24) is 4.98 Å². The van der Waals surface area contributed by atoms with Crippen LogP contribution in [-0.2, 0) is 30.2 Å². The van der Waals surface area contributed by atoms with Gasteiger partial charge in [-0.15, -0.1) is 0 Å². The number of para-hydroxylation sites is 2. The Balaban J connectivity index is 0.00000223. The molecule has 0 fully saturated rings. The molecule has 0 aliphatic carbocycles. The molecule has 5 rings (SSSR count). The first-order valence-electron chi connectivity index (χ1n) is 25.8. The molecular formula is C62H83Br2Cl2CoN5Ni. The number of pyridine rings is 1. The van der Waals surface area contributed by atoms with E-state index in [1.165, 1.54) is 66.5 Å². The van der Waals surface area contributed by atoms with Gasteiger partial charge in [-0.3, -0.25) is 20.0 Å². The van der Waals surface area contributed by atoms with Gasteiger partial charge in [0.05, 0.1) is 57.0 Å². The number of benzene rings is 4. The summed E-state index contributed by atoms with van der Waals surface area (Å²) in [4.78, 5) is 26.6. The fraction of sp³-hybridized carbons (Fsp3) is 0.468. The number of halogens is 4. The second kappa shape index (κ2) is 30.9. The Bertz CT molecular complexity index is 2620. The summed E-state index contributed by atoms with van der Waals surface area (Å²) in [5, 5.41) is 0. The first kappa shape index (κ1) is 64.5. The van der Waals surface area contributed by atoms with Gasteiger partial charge in [-0.1, -0.05) is 178 Å². The van der Waals surface area contributed by atoms with E-state index in [2.05, 4.69) is 246 Å². The molecule has 0 bridgehead atoms. The van der Waals surface area contributed by atoms with Gasteiger partial charge in [0.25, 0.3) is 0 Å². The predicted molar refractivity (Wildman–Crippen MR) is 324 cm³/mol. The van der Waals surface area contributed by atoms with Crippen LogP contribution in [0.15, 0.2) is 98.8 Å². The van der Waals surface area contributed by atoms with E-state index in [0.717, 1.165) is 63.4 Å². The van der Waals surface area contributed by atoms with Gasteiger partial charge >= 0.3 is 72.5 Å². The van der Waals surface area contributed by atoms with Crippen LogP contribution < -0.4 is 0 Å². The molecule has 73 heavy (non-hydrogen) atoms. The van der Waals surface area contributed by atoms with Gasteiger partial charge in [0, 0.05) is 0 Å². The van der Waals surface area contributed by atoms with Crippen LogP contribution in [0.3, 0.4) is 0 Å². The number of aromatic nitrogens is 1. The zero-order valence-corrected chi connectivity index (χ0v) is 53.9. The van der Waals surface area contributed by atoms with Crippen molar-refractivity contribution in [2.45, 2.75) is 192 Å². The van der Waals surface area contributed by atoms with Crippen LogP contribution in [-0.4, -0.2) is 27.8 Å². The Kier molecular flexibility index (Phi) is 27.3. The van der Waals surface area contributed by atoms with E-state index in [1.807, 2.05) is 0 Å². The van der Waals surface area contributed by atoms with Gasteiger partial charge in [-0.05, 0) is 149 Å². The van der Waals surface area contributed by atoms with Crippen molar-refractivity contribution >= 4 is 94.3 Å². The molecular weight excluding hydrogens is 1160 g/mol. The minimum atomic E-state index is 0.278. The van der Waals surface area contributed by atoms with Crippen molar-refractivity contribution < 1.29 is 23.8 Å². The van der Waals surface area contributed by atoms with Gasteiger partial charge in [0.15, 0.2) is 0 Å². The Labute approximate surface area is 477 Å². The van der Waals surface area contributed by atoms with Crippen molar-refractivity contribution in [2.24, 2.45) is 20.0 Å². The molecule has 0 radical (unpaired) electrons. The van der Waals surface area contributed by atoms with Crippen molar-refractivity contribution in [3.63, 3.8) is 0 Å². The standard InChI is InChI=1S/C62H83N5.2BrH.2ClH.Co.Ni/c1-35(2)49-24-21-25-50(36(3)4)59(49)63-43(17)44(18)64-61-53(39(9)10)31-47(32-54(61)40(11)12)30-48-33-55(41(13)14)62(56(34-48)42(15)16)66-46(20)58-29-23-28-57(67-58)45(19)65-60-51(37(5)6)26-22-27-52(60)38(7)8;;;;;;/h21-29,31-42H,30H2,1-20H3;4*1H;;/q;;;;;2*+2/p-4. The maximum absolute atomic E-state index is 5.45. The third kappa shape index (κ3) is 18.2. The van der Waals surface area contributed by atoms with E-state index in [4.69, 9.17) is 45.2 Å². The summed E-state index contributed by atoms with van der Waals surface area (Å²) in [6, 6.07) is 29.1. The molecule has 0 aliphatic heterocycles. The molecule has 0 aliphatic rings. The van der Waals surface area contributed by atoms with Crippen LogP contribution in [0.4, 0.5) is 22.7 Å². The molecule has 403 valence electrons. The molecule has 0 N–H and O–H groups in total. The summed E-state index contributed by atoms with van der Waals surface area (Å²) in [5.74, 6) is 2.64. The van der Waals surface area contributed by atoms with Crippen molar-refractivity contribution in [3.8, 4) is 0 Å². The van der Waals surface area contributed by atoms with Gasteiger partial charge in [-0.25, -0.2) is 4.98 Å². The molecule has 4 aromatic carbocycles. The predicted octanol–water partition coefficient (Wildman–Crippen LogP) is 21.9. The Morgan fingerprint density at radius 1 is 0.425 bits per heavy atom. The summed E-state index contributed by atoms with van der Waals surface area (Å²) < 4.78 is 0. The van der Waals surface area contributed by atoms with Gasteiger partial charge in [0.1, 0.15) is 0 Å². The summed E-state index contributed by atoms with van der Waals surface area (Å²) >= 11 is 6.38. The molecule has 0 spiro atoms. The third-order valence-corrected chi connectivity index (χ3v) is 13.2. The Morgan fingerprint density at radius 2 is 0.644 bits per heavy atom. The fourth-order valence-corrected chi connectivity index (χ4v) is 9.01. The summed E-state index contributed by atoms with van der Waals surface area (Å²) in [7, 11) is 10.7. The van der Waals surface area contributed by atoms with Crippen LogP contribution in [0.2, 0.25) is 0 Å². The van der Waals surface area contributed by atoms with Crippen LogP contribution >= 0.6 is 48.7 Å². The molecule has 1 heterocycles. The molecule has 0 unspecified atom stereocenters. The van der Waals surface area contributed by atoms with E-state index < -0.39 is 0 Å². The first-order valence-corrected chi connectivity index (χ1v) is 33.5. The van der Waals surface area contributed by atoms with Gasteiger partial charge in [-0.2, -0.15) is 0 Å². The van der Waals surface area contributed by atoms with Gasteiger partial charge in [0.2, 0.25) is 0 Å². The van der Waals surface area contributed by atoms with Crippen LogP contribution in [0.1, 0.15) is 253 Å². The monoisotopic (exact) mass is 1240 g/mol. The molecule has 1 aromatic heterocycles. The fourth-order valence-electron chi connectivity index (χ4n) is 9.01. The van der Waals surface area contributed by atoms with Crippen molar-refractivity contribution in [2.75, 3.05) is 0 Å². The van der Waals surface area contributed by atoms with E-state index in [-0.39, 0.29) is 11.8 Å². The summed E-state index contributed by atoms with van der Waals surface area (Å²) in [6.45, 7) is 44.7. The van der Waals surface area contributed by atoms with Crippen molar-refractivity contribution in [3.05, 3.63) is 146 Å². The molecule has 5 nitrogen and oxygen atoms in total. The molecule has 0 atom stereocenters. The topological polar surface area (TPSA) is 62.3 Å². The average molecular weight is 1250 g/mol. The summed E-state index contributed by atoms with van der Waals surface area (Å²) in [5.41, 5.74) is 22.6. The third-order valence-electron chi connectivity index (χ3n) is 13.2. The number of nitrogens with zero attached hydrogens (tertiary/aromatic N) is 5. The van der Waals surface area contributed by atoms with Crippen molar-refractivity contribution in [1.29, 1.82) is 0 Å². The number of hydrogen-bond acceptors (Lipinski definition) is 5. The zero-order chi connectivity index (χ0) is 55.0. The average Bonchev–Trinajstić information content (AvgIpc) is 3.32. The van der Waals surface area contributed by atoms with Crippen LogP contribution in [0.5, 0.6) is 0 Å². The first-order chi connectivity index (χ1) is 34.3. The normalized spacial score (nSPS) is 12.9. The van der Waals surface area contributed by atoms with E-state index >= 15 is 0 Å². The second-order valence-electron chi connectivity index (χ2n) is 21.5. The summed E-state index contributed by atoms with van der Waals surface area (Å²) in [6.07, 6.45) is 0.829. The molecule has 0 amide bonds. The number of hydrogen-bond donors (Lipinski definition) is 0. The number of aliphatic imine (C=N–C) groups is 4. The van der Waals surface area contributed by atoms with E-state index in [9.17, 15) is 0 Å². The second-order valence-corrected chi connectivity index (χ2v) is 28.2. The molecule has 0 saturated heterocycles. The van der Waals surface area contributed by atoms with E-state index in [0.29, 0.717) is 48.4 Å². The molecule has 11 heteroatoms. The Morgan fingerprint density at radius 3 is 0.904 bits per heavy atom.